The molecular weight excluding hydrogens is 460 g/mol. The van der Waals surface area contributed by atoms with E-state index in [9.17, 15) is 19.2 Å². The summed E-state index contributed by atoms with van der Waals surface area (Å²) in [7, 11) is 0. The van der Waals surface area contributed by atoms with Crippen LogP contribution < -0.4 is 19.3 Å². The van der Waals surface area contributed by atoms with Crippen molar-refractivity contribution in [3.05, 3.63) is 48.5 Å². The number of benzene rings is 2. The van der Waals surface area contributed by atoms with Crippen LogP contribution >= 0.6 is 0 Å². The molecule has 2 aromatic rings. The second-order valence-electron chi connectivity index (χ2n) is 9.87. The van der Waals surface area contributed by atoms with Gasteiger partial charge in [0.25, 0.3) is 0 Å². The van der Waals surface area contributed by atoms with Crippen molar-refractivity contribution < 1.29 is 28.7 Å². The highest BCUT2D eigenvalue weighted by Gasteiger charge is 2.50. The lowest BCUT2D eigenvalue weighted by molar-refractivity contribution is -0.139. The third-order valence-electron chi connectivity index (χ3n) is 7.40. The van der Waals surface area contributed by atoms with Gasteiger partial charge in [0.1, 0.15) is 11.5 Å². The summed E-state index contributed by atoms with van der Waals surface area (Å²) >= 11 is 0. The lowest BCUT2D eigenvalue weighted by atomic mass is 9.76. The van der Waals surface area contributed by atoms with Crippen LogP contribution in [0.1, 0.15) is 39.5 Å². The molecule has 8 heteroatoms. The van der Waals surface area contributed by atoms with Gasteiger partial charge in [0.05, 0.1) is 35.7 Å². The maximum atomic E-state index is 13.1. The van der Waals surface area contributed by atoms with Crippen LogP contribution in [0, 0.1) is 23.7 Å². The summed E-state index contributed by atoms with van der Waals surface area (Å²) < 4.78 is 11.3. The maximum absolute atomic E-state index is 13.1. The summed E-state index contributed by atoms with van der Waals surface area (Å²) in [5.41, 5.74) is 1.04. The van der Waals surface area contributed by atoms with Crippen molar-refractivity contribution in [3.8, 4) is 11.5 Å². The first-order chi connectivity index (χ1) is 17.4. The van der Waals surface area contributed by atoms with Gasteiger partial charge in [0, 0.05) is 19.0 Å². The molecule has 3 amide bonds. The molecule has 2 heterocycles. The molecule has 3 aliphatic rings. The summed E-state index contributed by atoms with van der Waals surface area (Å²) in [6.07, 6.45) is 2.42. The van der Waals surface area contributed by atoms with Gasteiger partial charge in [0.15, 0.2) is 0 Å². The number of amides is 3. The molecule has 2 aliphatic heterocycles. The van der Waals surface area contributed by atoms with Crippen LogP contribution in [0.15, 0.2) is 48.5 Å². The summed E-state index contributed by atoms with van der Waals surface area (Å²) in [4.78, 5) is 54.6. The zero-order valence-electron chi connectivity index (χ0n) is 20.5. The highest BCUT2D eigenvalue weighted by Crippen LogP contribution is 2.42. The van der Waals surface area contributed by atoms with E-state index in [1.165, 1.54) is 4.90 Å². The Hall–Kier alpha value is -3.68. The molecule has 2 saturated heterocycles. The highest BCUT2D eigenvalue weighted by molar-refractivity contribution is 6.22. The van der Waals surface area contributed by atoms with Gasteiger partial charge in [-0.15, -0.1) is 0 Å². The summed E-state index contributed by atoms with van der Waals surface area (Å²) in [6.45, 7) is 4.63. The standard InChI is InChI=1S/C28H30N2O6/c1-3-35-24-10-5-4-9-23(24)29-16-18(14-25(29)31)28(34)36-20-8-6-7-19(15-20)30-26(32)21-12-11-17(2)13-22(21)27(30)33/h4-10,15,17-18,21-22H,3,11-14,16H2,1-2H3/t17-,18-,21-,22-/m1/s1. The summed E-state index contributed by atoms with van der Waals surface area (Å²) in [6, 6.07) is 13.7. The number of fused-ring (bicyclic) bond motifs is 1. The first-order valence-corrected chi connectivity index (χ1v) is 12.6. The molecule has 5 rings (SSSR count). The second-order valence-corrected chi connectivity index (χ2v) is 9.87. The number of carbonyl (C=O) groups excluding carboxylic acids is 4. The number of hydrogen-bond donors (Lipinski definition) is 0. The van der Waals surface area contributed by atoms with Crippen LogP contribution in [-0.2, 0) is 19.2 Å². The molecule has 0 spiro atoms. The van der Waals surface area contributed by atoms with E-state index in [1.807, 2.05) is 19.1 Å². The Bertz CT molecular complexity index is 1210. The van der Waals surface area contributed by atoms with Gasteiger partial charge >= 0.3 is 5.97 Å². The van der Waals surface area contributed by atoms with Crippen LogP contribution in [0.5, 0.6) is 11.5 Å². The number of esters is 1. The Morgan fingerprint density at radius 2 is 1.78 bits per heavy atom. The normalized spacial score (nSPS) is 25.8. The van der Waals surface area contributed by atoms with Crippen LogP contribution in [0.3, 0.4) is 0 Å². The number of anilines is 2. The Kier molecular flexibility index (Phi) is 6.51. The van der Waals surface area contributed by atoms with Crippen LogP contribution in [-0.4, -0.2) is 36.8 Å². The molecule has 188 valence electrons. The van der Waals surface area contributed by atoms with Gasteiger partial charge in [-0.2, -0.15) is 0 Å². The molecule has 36 heavy (non-hydrogen) atoms. The third-order valence-corrected chi connectivity index (χ3v) is 7.40. The fraction of sp³-hybridized carbons (Fsp3) is 0.429. The van der Waals surface area contributed by atoms with E-state index in [4.69, 9.17) is 9.47 Å². The minimum Gasteiger partial charge on any atom is -0.492 e. The molecule has 8 nitrogen and oxygen atoms in total. The zero-order chi connectivity index (χ0) is 25.4. The average Bonchev–Trinajstić information content (AvgIpc) is 3.37. The van der Waals surface area contributed by atoms with Gasteiger partial charge in [-0.1, -0.05) is 25.1 Å². The van der Waals surface area contributed by atoms with Crippen molar-refractivity contribution in [3.63, 3.8) is 0 Å². The minimum atomic E-state index is -0.643. The molecule has 1 saturated carbocycles. The third kappa shape index (κ3) is 4.36. The van der Waals surface area contributed by atoms with Crippen molar-refractivity contribution >= 4 is 35.1 Å². The zero-order valence-corrected chi connectivity index (χ0v) is 20.5. The van der Waals surface area contributed by atoms with Gasteiger partial charge in [-0.3, -0.25) is 19.2 Å². The quantitative estimate of drug-likeness (QED) is 0.346. The van der Waals surface area contributed by atoms with Crippen molar-refractivity contribution in [2.24, 2.45) is 23.7 Å². The first-order valence-electron chi connectivity index (χ1n) is 12.6. The van der Waals surface area contributed by atoms with Crippen molar-refractivity contribution in [1.29, 1.82) is 0 Å². The van der Waals surface area contributed by atoms with Gasteiger partial charge in [-0.25, -0.2) is 4.90 Å². The molecular formula is C28H30N2O6. The minimum absolute atomic E-state index is 0.0314. The smallest absolute Gasteiger partial charge is 0.316 e. The summed E-state index contributed by atoms with van der Waals surface area (Å²) in [5.74, 6) is -0.999. The van der Waals surface area contributed by atoms with Gasteiger partial charge in [-0.05, 0) is 56.4 Å². The van der Waals surface area contributed by atoms with E-state index in [0.717, 1.165) is 19.3 Å². The Morgan fingerprint density at radius 1 is 1.00 bits per heavy atom. The van der Waals surface area contributed by atoms with E-state index in [0.29, 0.717) is 29.6 Å². The van der Waals surface area contributed by atoms with Crippen LogP contribution in [0.4, 0.5) is 11.4 Å². The highest BCUT2D eigenvalue weighted by atomic mass is 16.5. The van der Waals surface area contributed by atoms with E-state index in [-0.39, 0.29) is 48.3 Å². The average molecular weight is 491 g/mol. The molecule has 0 aromatic heterocycles. The van der Waals surface area contributed by atoms with Crippen molar-refractivity contribution in [2.75, 3.05) is 23.0 Å². The molecule has 1 aliphatic carbocycles. The molecule has 0 bridgehead atoms. The second kappa shape index (κ2) is 9.76. The van der Waals surface area contributed by atoms with E-state index >= 15 is 0 Å². The van der Waals surface area contributed by atoms with Crippen molar-refractivity contribution in [1.82, 2.24) is 0 Å². The number of rotatable bonds is 6. The van der Waals surface area contributed by atoms with E-state index in [2.05, 4.69) is 6.92 Å². The molecule has 4 atom stereocenters. The number of carbonyl (C=O) groups is 4. The largest absolute Gasteiger partial charge is 0.492 e. The Morgan fingerprint density at radius 3 is 2.58 bits per heavy atom. The number of nitrogens with zero attached hydrogens (tertiary/aromatic N) is 2. The lowest BCUT2D eigenvalue weighted by Crippen LogP contribution is -2.31. The number of ether oxygens (including phenoxy) is 2. The van der Waals surface area contributed by atoms with Crippen molar-refractivity contribution in [2.45, 2.75) is 39.5 Å². The van der Waals surface area contributed by atoms with Crippen LogP contribution in [0.25, 0.3) is 0 Å². The molecule has 0 radical (unpaired) electrons. The Labute approximate surface area is 210 Å². The summed E-state index contributed by atoms with van der Waals surface area (Å²) in [5, 5.41) is 0. The molecule has 2 aromatic carbocycles. The predicted molar refractivity (Wildman–Crippen MR) is 133 cm³/mol. The molecule has 0 unspecified atom stereocenters. The van der Waals surface area contributed by atoms with E-state index < -0.39 is 11.9 Å². The predicted octanol–water partition coefficient (Wildman–Crippen LogP) is 3.97. The first kappa shape index (κ1) is 24.0. The Balaban J connectivity index is 1.29. The fourth-order valence-electron chi connectivity index (χ4n) is 5.59. The fourth-order valence-corrected chi connectivity index (χ4v) is 5.59. The number of para-hydroxylation sites is 2. The SMILES string of the molecule is CCOc1ccccc1N1C[C@H](C(=O)Oc2cccc(N3C(=O)[C@@H]4CC[C@@H](C)C[C@H]4C3=O)c2)CC1=O. The molecule has 0 N–H and O–H groups in total. The number of imide groups is 1. The van der Waals surface area contributed by atoms with Gasteiger partial charge < -0.3 is 14.4 Å². The molecule has 3 fully saturated rings. The maximum Gasteiger partial charge on any atom is 0.316 e. The van der Waals surface area contributed by atoms with Crippen LogP contribution in [0.2, 0.25) is 0 Å². The number of hydrogen-bond acceptors (Lipinski definition) is 6. The monoisotopic (exact) mass is 490 g/mol. The topological polar surface area (TPSA) is 93.2 Å². The van der Waals surface area contributed by atoms with E-state index in [1.54, 1.807) is 41.3 Å². The van der Waals surface area contributed by atoms with Gasteiger partial charge in [0.2, 0.25) is 17.7 Å². The lowest BCUT2D eigenvalue weighted by Gasteiger charge is -2.25.